The van der Waals surface area contributed by atoms with E-state index in [1.54, 1.807) is 0 Å². The molecule has 0 aromatic rings. The molecule has 4 heteroatoms. The summed E-state index contributed by atoms with van der Waals surface area (Å²) >= 11 is -3.15. The second-order valence-corrected chi connectivity index (χ2v) is 20.2. The maximum atomic E-state index is 5.78. The van der Waals surface area contributed by atoms with Gasteiger partial charge in [0.25, 0.3) is 0 Å². The van der Waals surface area contributed by atoms with Crippen LogP contribution in [-0.4, -0.2) is 0 Å². The van der Waals surface area contributed by atoms with E-state index in [0.29, 0.717) is 0 Å². The number of hydrogen-bond acceptors (Lipinski definition) is 0. The summed E-state index contributed by atoms with van der Waals surface area (Å²) < 4.78 is 0.157. The maximum absolute atomic E-state index is 5.78. The molecule has 0 atom stereocenters. The third-order valence-corrected chi connectivity index (χ3v) is 8.40. The average Bonchev–Trinajstić information content (AvgIpc) is 2.08. The van der Waals surface area contributed by atoms with Gasteiger partial charge in [-0.15, -0.1) is 0 Å². The van der Waals surface area contributed by atoms with Gasteiger partial charge in [-0.25, -0.2) is 0 Å². The summed E-state index contributed by atoms with van der Waals surface area (Å²) in [5.41, 5.74) is 0. The van der Waals surface area contributed by atoms with Crippen molar-refractivity contribution in [1.29, 1.82) is 0 Å². The van der Waals surface area contributed by atoms with Gasteiger partial charge in [0.05, 0.1) is 0 Å². The van der Waals surface area contributed by atoms with Crippen molar-refractivity contribution < 1.29 is 16.7 Å². The monoisotopic (exact) mass is 260 g/mol. The zero-order valence-electron chi connectivity index (χ0n) is 4.52. The molecule has 0 nitrogen and oxygen atoms in total. The van der Waals surface area contributed by atoms with Crippen LogP contribution in [0.3, 0.4) is 0 Å². The van der Waals surface area contributed by atoms with Crippen LogP contribution in [0.25, 0.3) is 0 Å². The summed E-state index contributed by atoms with van der Waals surface area (Å²) in [5.74, 6) is 0. The minimum atomic E-state index is -3.15. The fourth-order valence-corrected chi connectivity index (χ4v) is 4.85. The quantitative estimate of drug-likeness (QED) is 0.678. The van der Waals surface area contributed by atoms with E-state index in [1.807, 2.05) is 24.3 Å². The zero-order valence-corrected chi connectivity index (χ0v) is 9.25. The number of hydrogen-bond donors (Lipinski definition) is 0. The van der Waals surface area contributed by atoms with Crippen LogP contribution in [0.4, 0.5) is 0 Å². The molecule has 0 aliphatic heterocycles. The summed E-state index contributed by atoms with van der Waals surface area (Å²) in [7, 11) is 17.3. The van der Waals surface area contributed by atoms with Crippen LogP contribution in [0, 0.1) is 0 Å². The first-order valence-electron chi connectivity index (χ1n) is 2.52. The van der Waals surface area contributed by atoms with E-state index in [9.17, 15) is 0 Å². The summed E-state index contributed by atoms with van der Waals surface area (Å²) in [6.07, 6.45) is 7.74. The Bertz CT molecular complexity index is 144. The number of rotatable bonds is 1. The van der Waals surface area contributed by atoms with Gasteiger partial charge in [-0.2, -0.15) is 0 Å². The molecule has 0 saturated carbocycles. The molecule has 0 N–H and O–H groups in total. The molecule has 50 valence electrons. The van der Waals surface area contributed by atoms with Gasteiger partial charge in [-0.3, -0.25) is 0 Å². The predicted octanol–water partition coefficient (Wildman–Crippen LogP) is 3.52. The standard InChI is InChI=1S/C5H5.3ClH.Zr/c1-2-4-5-3-1;;;;/h1-5H;3*1H;/q;;;;+3/p-3. The second-order valence-electron chi connectivity index (χ2n) is 1.84. The van der Waals surface area contributed by atoms with Crippen molar-refractivity contribution in [2.24, 2.45) is 0 Å². The number of halogens is 3. The van der Waals surface area contributed by atoms with Gasteiger partial charge in [-0.1, -0.05) is 0 Å². The Hall–Kier alpha value is 1.23. The Morgan fingerprint density at radius 2 is 1.44 bits per heavy atom. The van der Waals surface area contributed by atoms with Crippen molar-refractivity contribution in [2.45, 2.75) is 3.63 Å². The Morgan fingerprint density at radius 1 is 1.00 bits per heavy atom. The van der Waals surface area contributed by atoms with E-state index in [4.69, 9.17) is 25.5 Å². The molecule has 0 fully saturated rings. The van der Waals surface area contributed by atoms with Crippen molar-refractivity contribution >= 4 is 25.5 Å². The van der Waals surface area contributed by atoms with Gasteiger partial charge < -0.3 is 0 Å². The van der Waals surface area contributed by atoms with E-state index >= 15 is 0 Å². The topological polar surface area (TPSA) is 0 Å². The van der Waals surface area contributed by atoms with Crippen LogP contribution in [0.5, 0.6) is 0 Å². The van der Waals surface area contributed by atoms with Crippen molar-refractivity contribution in [2.75, 3.05) is 0 Å². The Balaban J connectivity index is 2.64. The SMILES string of the molecule is [Cl][Zr]([Cl])([Cl])[CH]1C=CC=C1. The van der Waals surface area contributed by atoms with Crippen molar-refractivity contribution in [3.63, 3.8) is 0 Å². The first-order valence-corrected chi connectivity index (χ1v) is 13.4. The van der Waals surface area contributed by atoms with Crippen LogP contribution >= 0.6 is 25.5 Å². The predicted molar refractivity (Wildman–Crippen MR) is 39.6 cm³/mol. The fraction of sp³-hybridized carbons (Fsp3) is 0.200. The van der Waals surface area contributed by atoms with Gasteiger partial charge >= 0.3 is 70.2 Å². The van der Waals surface area contributed by atoms with E-state index in [0.717, 1.165) is 0 Å². The molecule has 0 unspecified atom stereocenters. The molecule has 0 heterocycles. The first kappa shape index (κ1) is 8.33. The summed E-state index contributed by atoms with van der Waals surface area (Å²) in [6.45, 7) is 0. The Labute approximate surface area is 69.5 Å². The molecule has 0 bridgehead atoms. The van der Waals surface area contributed by atoms with Crippen molar-refractivity contribution in [3.8, 4) is 0 Å². The van der Waals surface area contributed by atoms with Crippen LogP contribution in [-0.2, 0) is 16.7 Å². The molecule has 0 amide bonds. The second kappa shape index (κ2) is 3.09. The molecular weight excluding hydrogens is 258 g/mol. The van der Waals surface area contributed by atoms with E-state index in [1.165, 1.54) is 0 Å². The molecule has 9 heavy (non-hydrogen) atoms. The fourth-order valence-electron chi connectivity index (χ4n) is 0.650. The van der Waals surface area contributed by atoms with Crippen LogP contribution in [0.1, 0.15) is 0 Å². The molecular formula is C5H5Cl3Zr. The molecule has 0 saturated heterocycles. The molecule has 0 spiro atoms. The van der Waals surface area contributed by atoms with Gasteiger partial charge in [0, 0.05) is 0 Å². The summed E-state index contributed by atoms with van der Waals surface area (Å²) in [5, 5.41) is 0. The third-order valence-electron chi connectivity index (χ3n) is 1.13. The van der Waals surface area contributed by atoms with Crippen LogP contribution in [0.15, 0.2) is 24.3 Å². The van der Waals surface area contributed by atoms with Gasteiger partial charge in [-0.05, 0) is 0 Å². The molecule has 0 aromatic heterocycles. The molecule has 1 aliphatic rings. The molecule has 0 aromatic carbocycles. The number of allylic oxidation sites excluding steroid dienone is 4. The van der Waals surface area contributed by atoms with Crippen molar-refractivity contribution in [3.05, 3.63) is 24.3 Å². The summed E-state index contributed by atoms with van der Waals surface area (Å²) in [6, 6.07) is 0. The average molecular weight is 263 g/mol. The van der Waals surface area contributed by atoms with E-state index in [-0.39, 0.29) is 3.63 Å². The van der Waals surface area contributed by atoms with Gasteiger partial charge in [0.15, 0.2) is 0 Å². The third kappa shape index (κ3) is 2.38. The normalized spacial score (nSPS) is 19.4. The van der Waals surface area contributed by atoms with Crippen molar-refractivity contribution in [1.82, 2.24) is 0 Å². The first-order chi connectivity index (χ1) is 4.11. The van der Waals surface area contributed by atoms with Gasteiger partial charge in [0.2, 0.25) is 0 Å². The molecule has 0 radical (unpaired) electrons. The van der Waals surface area contributed by atoms with E-state index < -0.39 is 16.7 Å². The van der Waals surface area contributed by atoms with Gasteiger partial charge in [0.1, 0.15) is 0 Å². The molecule has 1 rings (SSSR count). The Morgan fingerprint density at radius 3 is 1.67 bits per heavy atom. The Kier molecular flexibility index (Phi) is 2.86. The van der Waals surface area contributed by atoms with Crippen LogP contribution < -0.4 is 0 Å². The minimum absolute atomic E-state index is 0.157. The van der Waals surface area contributed by atoms with E-state index in [2.05, 4.69) is 0 Å². The summed E-state index contributed by atoms with van der Waals surface area (Å²) in [4.78, 5) is 0. The zero-order chi connectivity index (χ0) is 6.91. The van der Waals surface area contributed by atoms with Crippen LogP contribution in [0.2, 0.25) is 3.63 Å². The molecule has 1 aliphatic carbocycles.